The Kier molecular flexibility index (Phi) is 3.43. The van der Waals surface area contributed by atoms with Crippen molar-refractivity contribution in [2.75, 3.05) is 0 Å². The van der Waals surface area contributed by atoms with Crippen molar-refractivity contribution in [3.63, 3.8) is 0 Å². The highest BCUT2D eigenvalue weighted by molar-refractivity contribution is 5.94. The van der Waals surface area contributed by atoms with Crippen LogP contribution < -0.4 is 5.69 Å². The van der Waals surface area contributed by atoms with Gasteiger partial charge in [0, 0.05) is 10.9 Å². The zero-order valence-electron chi connectivity index (χ0n) is 12.7. The molecule has 4 aromatic rings. The molecule has 1 N–H and O–H groups in total. The van der Waals surface area contributed by atoms with Gasteiger partial charge in [0.2, 0.25) is 0 Å². The maximum atomic E-state index is 13.1. The van der Waals surface area contributed by atoms with Crippen LogP contribution in [0.15, 0.2) is 77.6 Å². The number of H-pyrrole nitrogens is 1. The zero-order chi connectivity index (χ0) is 16.5. The van der Waals surface area contributed by atoms with Crippen LogP contribution in [0.5, 0.6) is 0 Å². The molecule has 1 aromatic heterocycles. The molecule has 0 saturated heterocycles. The fraction of sp³-hybridized carbons (Fsp3) is 0. The minimum Gasteiger partial charge on any atom is -0.305 e. The van der Waals surface area contributed by atoms with Crippen molar-refractivity contribution in [1.29, 1.82) is 0 Å². The van der Waals surface area contributed by atoms with Gasteiger partial charge in [-0.05, 0) is 29.3 Å². The van der Waals surface area contributed by atoms with Crippen LogP contribution in [0.25, 0.3) is 33.3 Å². The van der Waals surface area contributed by atoms with Gasteiger partial charge in [0.05, 0.1) is 11.2 Å². The normalized spacial score (nSPS) is 10.9. The van der Waals surface area contributed by atoms with E-state index in [0.29, 0.717) is 11.2 Å². The van der Waals surface area contributed by atoms with E-state index in [1.807, 2.05) is 48.5 Å². The van der Waals surface area contributed by atoms with Crippen LogP contribution in [0.2, 0.25) is 0 Å². The Labute approximate surface area is 137 Å². The maximum absolute atomic E-state index is 13.1. The predicted molar refractivity (Wildman–Crippen MR) is 93.2 cm³/mol. The minimum absolute atomic E-state index is 0.275. The fourth-order valence-corrected chi connectivity index (χ4v) is 2.80. The van der Waals surface area contributed by atoms with Crippen molar-refractivity contribution in [1.82, 2.24) is 9.97 Å². The summed E-state index contributed by atoms with van der Waals surface area (Å²) in [6.07, 6.45) is 0. The number of hydrogen-bond acceptors (Lipinski definition) is 2. The molecule has 3 aromatic carbocycles. The van der Waals surface area contributed by atoms with E-state index in [1.54, 1.807) is 12.1 Å². The summed E-state index contributed by atoms with van der Waals surface area (Å²) in [6.45, 7) is 0. The lowest BCUT2D eigenvalue weighted by Crippen LogP contribution is -2.11. The molecule has 116 valence electrons. The summed E-state index contributed by atoms with van der Waals surface area (Å²) >= 11 is 0. The predicted octanol–water partition coefficient (Wildman–Crippen LogP) is 4.40. The van der Waals surface area contributed by atoms with E-state index in [0.717, 1.165) is 22.1 Å². The molecule has 24 heavy (non-hydrogen) atoms. The molecule has 1 heterocycles. The van der Waals surface area contributed by atoms with Crippen molar-refractivity contribution in [2.24, 2.45) is 0 Å². The van der Waals surface area contributed by atoms with Crippen molar-refractivity contribution < 1.29 is 4.39 Å². The summed E-state index contributed by atoms with van der Waals surface area (Å²) in [5, 5.41) is 0.867. The Morgan fingerprint density at radius 1 is 0.792 bits per heavy atom. The van der Waals surface area contributed by atoms with Crippen LogP contribution in [0.4, 0.5) is 4.39 Å². The topological polar surface area (TPSA) is 45.8 Å². The van der Waals surface area contributed by atoms with E-state index >= 15 is 0 Å². The van der Waals surface area contributed by atoms with E-state index in [2.05, 4.69) is 9.97 Å². The SMILES string of the molecule is O=c1nc(-c2ccccc2)c2ccc(-c3ccc(F)cc3)cc2[nH]1. The number of aromatic nitrogens is 2. The first kappa shape index (κ1) is 14.3. The Hall–Kier alpha value is -3.27. The third-order valence-electron chi connectivity index (χ3n) is 3.95. The lowest BCUT2D eigenvalue weighted by atomic mass is 10.0. The third kappa shape index (κ3) is 2.58. The van der Waals surface area contributed by atoms with Gasteiger partial charge in [0.15, 0.2) is 0 Å². The fourth-order valence-electron chi connectivity index (χ4n) is 2.80. The Morgan fingerprint density at radius 2 is 1.50 bits per heavy atom. The van der Waals surface area contributed by atoms with E-state index in [-0.39, 0.29) is 5.82 Å². The molecule has 0 aliphatic rings. The molecule has 0 aliphatic carbocycles. The molecule has 0 amide bonds. The average molecular weight is 316 g/mol. The summed E-state index contributed by atoms with van der Waals surface area (Å²) in [4.78, 5) is 18.9. The van der Waals surface area contributed by atoms with Crippen molar-refractivity contribution in [2.45, 2.75) is 0 Å². The molecule has 4 rings (SSSR count). The number of halogens is 1. The van der Waals surface area contributed by atoms with Gasteiger partial charge in [-0.15, -0.1) is 0 Å². The van der Waals surface area contributed by atoms with E-state index in [1.165, 1.54) is 12.1 Å². The molecular formula is C20H13FN2O. The van der Waals surface area contributed by atoms with Gasteiger partial charge < -0.3 is 4.98 Å². The van der Waals surface area contributed by atoms with Gasteiger partial charge in [-0.3, -0.25) is 0 Å². The molecule has 4 heteroatoms. The number of nitrogens with zero attached hydrogens (tertiary/aromatic N) is 1. The molecule has 0 spiro atoms. The zero-order valence-corrected chi connectivity index (χ0v) is 12.7. The molecular weight excluding hydrogens is 303 g/mol. The van der Waals surface area contributed by atoms with Gasteiger partial charge >= 0.3 is 5.69 Å². The Morgan fingerprint density at radius 3 is 2.25 bits per heavy atom. The summed E-state index contributed by atoms with van der Waals surface area (Å²) in [5.74, 6) is -0.275. The first-order valence-electron chi connectivity index (χ1n) is 7.56. The van der Waals surface area contributed by atoms with Crippen LogP contribution in [-0.4, -0.2) is 9.97 Å². The summed E-state index contributed by atoms with van der Waals surface area (Å²) in [5.41, 5.74) is 3.65. The quantitative estimate of drug-likeness (QED) is 0.596. The number of hydrogen-bond donors (Lipinski definition) is 1. The number of aromatic amines is 1. The van der Waals surface area contributed by atoms with Crippen molar-refractivity contribution in [3.05, 3.63) is 89.1 Å². The van der Waals surface area contributed by atoms with Gasteiger partial charge in [0.1, 0.15) is 5.82 Å². The molecule has 0 fully saturated rings. The monoisotopic (exact) mass is 316 g/mol. The van der Waals surface area contributed by atoms with E-state index in [9.17, 15) is 9.18 Å². The van der Waals surface area contributed by atoms with Crippen molar-refractivity contribution in [3.8, 4) is 22.4 Å². The lowest BCUT2D eigenvalue weighted by molar-refractivity contribution is 0.628. The average Bonchev–Trinajstić information content (AvgIpc) is 2.62. The van der Waals surface area contributed by atoms with Crippen LogP contribution in [0.1, 0.15) is 0 Å². The highest BCUT2D eigenvalue weighted by atomic mass is 19.1. The number of benzene rings is 3. The van der Waals surface area contributed by atoms with E-state index < -0.39 is 5.69 Å². The smallest absolute Gasteiger partial charge is 0.305 e. The number of fused-ring (bicyclic) bond motifs is 1. The Bertz CT molecular complexity index is 1070. The first-order valence-corrected chi connectivity index (χ1v) is 7.56. The summed E-state index contributed by atoms with van der Waals surface area (Å²) in [6, 6.07) is 21.6. The van der Waals surface area contributed by atoms with E-state index in [4.69, 9.17) is 0 Å². The summed E-state index contributed by atoms with van der Waals surface area (Å²) < 4.78 is 13.1. The molecule has 3 nitrogen and oxygen atoms in total. The largest absolute Gasteiger partial charge is 0.345 e. The van der Waals surface area contributed by atoms with Crippen molar-refractivity contribution >= 4 is 10.9 Å². The number of nitrogens with one attached hydrogen (secondary N) is 1. The molecule has 0 atom stereocenters. The van der Waals surface area contributed by atoms with Gasteiger partial charge in [-0.2, -0.15) is 4.98 Å². The second kappa shape index (κ2) is 5.74. The number of rotatable bonds is 2. The second-order valence-corrected chi connectivity index (χ2v) is 5.52. The molecule has 0 unspecified atom stereocenters. The van der Waals surface area contributed by atoms with Crippen LogP contribution in [0, 0.1) is 5.82 Å². The second-order valence-electron chi connectivity index (χ2n) is 5.52. The highest BCUT2D eigenvalue weighted by Gasteiger charge is 2.09. The molecule has 0 aliphatic heterocycles. The van der Waals surface area contributed by atoms with Gasteiger partial charge in [-0.1, -0.05) is 54.6 Å². The third-order valence-corrected chi connectivity index (χ3v) is 3.95. The molecule has 0 bridgehead atoms. The molecule has 0 saturated carbocycles. The lowest BCUT2D eigenvalue weighted by Gasteiger charge is -2.08. The van der Waals surface area contributed by atoms with Crippen LogP contribution >= 0.6 is 0 Å². The first-order chi connectivity index (χ1) is 11.7. The standard InChI is InChI=1S/C20H13FN2O/c21-16-9-6-13(7-10-16)15-8-11-17-18(12-15)22-20(24)23-19(17)14-4-2-1-3-5-14/h1-12H,(H,22,23,24). The van der Waals surface area contributed by atoms with Crippen LogP contribution in [0.3, 0.4) is 0 Å². The van der Waals surface area contributed by atoms with Gasteiger partial charge in [0.25, 0.3) is 0 Å². The molecule has 0 radical (unpaired) electrons. The highest BCUT2D eigenvalue weighted by Crippen LogP contribution is 2.28. The minimum atomic E-state index is -0.391. The van der Waals surface area contributed by atoms with Crippen LogP contribution in [-0.2, 0) is 0 Å². The van der Waals surface area contributed by atoms with Gasteiger partial charge in [-0.25, -0.2) is 9.18 Å². The Balaban J connectivity index is 1.92. The summed E-state index contributed by atoms with van der Waals surface area (Å²) in [7, 11) is 0. The maximum Gasteiger partial charge on any atom is 0.345 e.